The number of phenolic OH excluding ortho intramolecular Hbond substituents is 1. The molecule has 0 aliphatic rings. The molecule has 2 aromatic carbocycles. The molecule has 1 N–H and O–H groups in total. The summed E-state index contributed by atoms with van der Waals surface area (Å²) in [6.07, 6.45) is 0.442. The highest BCUT2D eigenvalue weighted by atomic mass is 19.3. The Kier molecular flexibility index (Phi) is 2.97. The van der Waals surface area contributed by atoms with Gasteiger partial charge in [0.05, 0.1) is 5.56 Å². The van der Waals surface area contributed by atoms with Gasteiger partial charge in [-0.1, -0.05) is 13.0 Å². The van der Waals surface area contributed by atoms with Gasteiger partial charge in [-0.3, -0.25) is 0 Å². The van der Waals surface area contributed by atoms with Crippen LogP contribution < -0.4 is 0 Å². The van der Waals surface area contributed by atoms with E-state index in [1.165, 1.54) is 18.2 Å². The SMILES string of the molecule is CCc1cc(O)cc2ccc(F)c(C(C)(F)F)c12. The highest BCUT2D eigenvalue weighted by Crippen LogP contribution is 2.38. The standard InChI is InChI=1S/C14H13F3O/c1-3-8-6-10(18)7-9-4-5-11(15)13(12(8)9)14(2,16)17/h4-7,18H,3H2,1-2H3. The molecule has 0 bridgehead atoms. The number of rotatable bonds is 2. The predicted octanol–water partition coefficient (Wildman–Crippen LogP) is 4.36. The number of alkyl halides is 2. The van der Waals surface area contributed by atoms with Gasteiger partial charge in [0, 0.05) is 6.92 Å². The lowest BCUT2D eigenvalue weighted by atomic mass is 9.94. The molecule has 0 aliphatic carbocycles. The largest absolute Gasteiger partial charge is 0.508 e. The summed E-state index contributed by atoms with van der Waals surface area (Å²) in [5.74, 6) is -4.18. The van der Waals surface area contributed by atoms with Crippen LogP contribution in [0.15, 0.2) is 24.3 Å². The maximum atomic E-state index is 13.7. The van der Waals surface area contributed by atoms with Crippen molar-refractivity contribution < 1.29 is 18.3 Å². The molecular formula is C14H13F3O. The minimum absolute atomic E-state index is 0.00340. The number of fused-ring (bicyclic) bond motifs is 1. The number of hydrogen-bond donors (Lipinski definition) is 1. The summed E-state index contributed by atoms with van der Waals surface area (Å²) in [5.41, 5.74) is -0.0853. The van der Waals surface area contributed by atoms with E-state index in [-0.39, 0.29) is 11.1 Å². The molecule has 0 unspecified atom stereocenters. The summed E-state index contributed by atoms with van der Waals surface area (Å²) < 4.78 is 40.8. The van der Waals surface area contributed by atoms with Crippen molar-refractivity contribution in [2.24, 2.45) is 0 Å². The second kappa shape index (κ2) is 4.19. The fraction of sp³-hybridized carbons (Fsp3) is 0.286. The molecule has 0 radical (unpaired) electrons. The Labute approximate surface area is 103 Å². The first-order valence-corrected chi connectivity index (χ1v) is 5.67. The van der Waals surface area contributed by atoms with Crippen LogP contribution in [-0.4, -0.2) is 5.11 Å². The van der Waals surface area contributed by atoms with Gasteiger partial charge in [-0.15, -0.1) is 0 Å². The zero-order chi connectivity index (χ0) is 13.5. The Morgan fingerprint density at radius 3 is 2.44 bits per heavy atom. The second-order valence-corrected chi connectivity index (χ2v) is 4.37. The van der Waals surface area contributed by atoms with Gasteiger partial charge in [-0.05, 0) is 41.0 Å². The predicted molar refractivity (Wildman–Crippen MR) is 64.5 cm³/mol. The Balaban J connectivity index is 2.95. The Bertz CT molecular complexity index is 600. The lowest BCUT2D eigenvalue weighted by Gasteiger charge is -2.17. The van der Waals surface area contributed by atoms with E-state index in [0.717, 1.165) is 6.07 Å². The van der Waals surface area contributed by atoms with E-state index >= 15 is 0 Å². The highest BCUT2D eigenvalue weighted by molar-refractivity contribution is 5.91. The van der Waals surface area contributed by atoms with Crippen LogP contribution in [0.1, 0.15) is 25.0 Å². The van der Waals surface area contributed by atoms with Crippen LogP contribution in [0.25, 0.3) is 10.8 Å². The number of hydrogen-bond acceptors (Lipinski definition) is 1. The molecule has 0 saturated heterocycles. The van der Waals surface area contributed by atoms with E-state index in [4.69, 9.17) is 0 Å². The van der Waals surface area contributed by atoms with Crippen molar-refractivity contribution in [3.63, 3.8) is 0 Å². The van der Waals surface area contributed by atoms with Gasteiger partial charge in [0.25, 0.3) is 5.92 Å². The molecule has 96 valence electrons. The van der Waals surface area contributed by atoms with Gasteiger partial charge in [-0.2, -0.15) is 0 Å². The first kappa shape index (κ1) is 12.7. The zero-order valence-electron chi connectivity index (χ0n) is 10.1. The third kappa shape index (κ3) is 2.03. The average Bonchev–Trinajstić information content (AvgIpc) is 2.26. The number of phenols is 1. The lowest BCUT2D eigenvalue weighted by Crippen LogP contribution is -2.11. The van der Waals surface area contributed by atoms with Crippen molar-refractivity contribution in [2.75, 3.05) is 0 Å². The molecule has 0 heterocycles. The summed E-state index contributed by atoms with van der Waals surface area (Å²) in [4.78, 5) is 0. The monoisotopic (exact) mass is 254 g/mol. The van der Waals surface area contributed by atoms with Gasteiger partial charge in [0.15, 0.2) is 0 Å². The third-order valence-electron chi connectivity index (χ3n) is 2.95. The van der Waals surface area contributed by atoms with Crippen LogP contribution in [0.4, 0.5) is 13.2 Å². The van der Waals surface area contributed by atoms with E-state index in [1.54, 1.807) is 6.92 Å². The molecular weight excluding hydrogens is 241 g/mol. The molecule has 0 atom stereocenters. The van der Waals surface area contributed by atoms with E-state index in [0.29, 0.717) is 24.3 Å². The number of aromatic hydroxyl groups is 1. The van der Waals surface area contributed by atoms with Gasteiger partial charge in [0.2, 0.25) is 0 Å². The van der Waals surface area contributed by atoms with Crippen molar-refractivity contribution in [1.82, 2.24) is 0 Å². The molecule has 4 heteroatoms. The summed E-state index contributed by atoms with van der Waals surface area (Å²) >= 11 is 0. The van der Waals surface area contributed by atoms with Gasteiger partial charge >= 0.3 is 0 Å². The topological polar surface area (TPSA) is 20.2 Å². The van der Waals surface area contributed by atoms with Crippen LogP contribution in [0.2, 0.25) is 0 Å². The molecule has 2 aromatic rings. The van der Waals surface area contributed by atoms with Gasteiger partial charge in [0.1, 0.15) is 11.6 Å². The van der Waals surface area contributed by atoms with Crippen LogP contribution in [0.3, 0.4) is 0 Å². The smallest absolute Gasteiger partial charge is 0.273 e. The van der Waals surface area contributed by atoms with Crippen LogP contribution >= 0.6 is 0 Å². The van der Waals surface area contributed by atoms with Crippen molar-refractivity contribution in [3.05, 3.63) is 41.2 Å². The molecule has 18 heavy (non-hydrogen) atoms. The normalized spacial score (nSPS) is 12.1. The molecule has 0 amide bonds. The fourth-order valence-electron chi connectivity index (χ4n) is 2.22. The van der Waals surface area contributed by atoms with E-state index in [2.05, 4.69) is 0 Å². The number of halogens is 3. The molecule has 0 aromatic heterocycles. The number of aryl methyl sites for hydroxylation is 1. The first-order valence-electron chi connectivity index (χ1n) is 5.67. The molecule has 1 nitrogen and oxygen atoms in total. The molecule has 0 fully saturated rings. The minimum Gasteiger partial charge on any atom is -0.508 e. The molecule has 0 spiro atoms. The quantitative estimate of drug-likeness (QED) is 0.844. The third-order valence-corrected chi connectivity index (χ3v) is 2.95. The maximum Gasteiger partial charge on any atom is 0.273 e. The van der Waals surface area contributed by atoms with Gasteiger partial charge < -0.3 is 5.11 Å². The summed E-state index contributed by atoms with van der Waals surface area (Å²) in [6.45, 7) is 2.45. The average molecular weight is 254 g/mol. The zero-order valence-corrected chi connectivity index (χ0v) is 10.1. The Morgan fingerprint density at radius 2 is 1.89 bits per heavy atom. The van der Waals surface area contributed by atoms with Crippen LogP contribution in [0, 0.1) is 5.82 Å². The van der Waals surface area contributed by atoms with Crippen molar-refractivity contribution in [3.8, 4) is 5.75 Å². The Morgan fingerprint density at radius 1 is 1.22 bits per heavy atom. The van der Waals surface area contributed by atoms with E-state index in [1.807, 2.05) is 0 Å². The second-order valence-electron chi connectivity index (χ2n) is 4.37. The van der Waals surface area contributed by atoms with Crippen molar-refractivity contribution >= 4 is 10.8 Å². The van der Waals surface area contributed by atoms with Crippen LogP contribution in [0.5, 0.6) is 5.75 Å². The Hall–Kier alpha value is -1.71. The van der Waals surface area contributed by atoms with Crippen molar-refractivity contribution in [1.29, 1.82) is 0 Å². The summed E-state index contributed by atoms with van der Waals surface area (Å²) in [6, 6.07) is 5.17. The highest BCUT2D eigenvalue weighted by Gasteiger charge is 2.31. The van der Waals surface area contributed by atoms with Gasteiger partial charge in [-0.25, -0.2) is 13.2 Å². The lowest BCUT2D eigenvalue weighted by molar-refractivity contribution is 0.0154. The van der Waals surface area contributed by atoms with Crippen molar-refractivity contribution in [2.45, 2.75) is 26.2 Å². The van der Waals surface area contributed by atoms with Crippen LogP contribution in [-0.2, 0) is 12.3 Å². The number of benzene rings is 2. The maximum absolute atomic E-state index is 13.7. The summed E-state index contributed by atoms with van der Waals surface area (Å²) in [5, 5.41) is 10.1. The molecule has 0 saturated carbocycles. The summed E-state index contributed by atoms with van der Waals surface area (Å²) in [7, 11) is 0. The minimum atomic E-state index is -3.26. The molecule has 2 rings (SSSR count). The first-order chi connectivity index (χ1) is 8.34. The van der Waals surface area contributed by atoms with E-state index < -0.39 is 17.3 Å². The van der Waals surface area contributed by atoms with E-state index in [9.17, 15) is 18.3 Å². The fourth-order valence-corrected chi connectivity index (χ4v) is 2.22. The molecule has 0 aliphatic heterocycles.